The van der Waals surface area contributed by atoms with Gasteiger partial charge in [-0.25, -0.2) is 4.98 Å². The monoisotopic (exact) mass is 262 g/mol. The molecule has 1 atom stereocenters. The van der Waals surface area contributed by atoms with Crippen LogP contribution in [0.1, 0.15) is 34.7 Å². The molecule has 18 heavy (non-hydrogen) atoms. The summed E-state index contributed by atoms with van der Waals surface area (Å²) in [6, 6.07) is 6.70. The van der Waals surface area contributed by atoms with Crippen molar-refractivity contribution in [3.8, 4) is 0 Å². The maximum absolute atomic E-state index is 12.3. The van der Waals surface area contributed by atoms with Crippen LogP contribution in [0.15, 0.2) is 30.6 Å². The molecule has 0 amide bonds. The van der Waals surface area contributed by atoms with Crippen LogP contribution in [-0.2, 0) is 0 Å². The van der Waals surface area contributed by atoms with Crippen molar-refractivity contribution in [1.29, 1.82) is 0 Å². The third-order valence-electron chi connectivity index (χ3n) is 3.21. The molecular formula is C14H15ClN2O. The van der Waals surface area contributed by atoms with E-state index in [1.54, 1.807) is 30.6 Å². The van der Waals surface area contributed by atoms with Crippen molar-refractivity contribution in [3.05, 3.63) is 52.6 Å². The molecule has 3 nitrogen and oxygen atoms in total. The first kappa shape index (κ1) is 12.8. The molecule has 94 valence electrons. The summed E-state index contributed by atoms with van der Waals surface area (Å²) in [7, 11) is 0. The number of halogens is 1. The lowest BCUT2D eigenvalue weighted by atomic mass is 10.1. The number of hydrogen-bond donors (Lipinski definition) is 0. The summed E-state index contributed by atoms with van der Waals surface area (Å²) in [6.07, 6.45) is 1.71. The minimum Gasteiger partial charge on any atom is -0.324 e. The van der Waals surface area contributed by atoms with Gasteiger partial charge in [0.05, 0.1) is 18.1 Å². The number of carbonyl (C=O) groups is 1. The fourth-order valence-electron chi connectivity index (χ4n) is 1.89. The van der Waals surface area contributed by atoms with E-state index in [1.807, 2.05) is 25.3 Å². The van der Waals surface area contributed by atoms with E-state index in [1.165, 1.54) is 0 Å². The third kappa shape index (κ3) is 2.31. The predicted octanol–water partition coefficient (Wildman–Crippen LogP) is 3.60. The predicted molar refractivity (Wildman–Crippen MR) is 72.2 cm³/mol. The Morgan fingerprint density at radius 1 is 1.28 bits per heavy atom. The summed E-state index contributed by atoms with van der Waals surface area (Å²) in [5.74, 6) is 0.0622. The smallest absolute Gasteiger partial charge is 0.185 e. The van der Waals surface area contributed by atoms with Crippen molar-refractivity contribution < 1.29 is 4.79 Å². The highest BCUT2D eigenvalue weighted by Crippen LogP contribution is 2.19. The van der Waals surface area contributed by atoms with E-state index in [4.69, 9.17) is 11.6 Å². The van der Waals surface area contributed by atoms with E-state index in [-0.39, 0.29) is 11.8 Å². The van der Waals surface area contributed by atoms with Gasteiger partial charge < -0.3 is 4.57 Å². The molecule has 0 saturated heterocycles. The standard InChI is InChI=1S/C14H15ClN2O/c1-9-10(2)17(8-16-9)11(3)14(18)12-4-6-13(15)7-5-12/h4-8,11H,1-3H3. The first-order valence-electron chi connectivity index (χ1n) is 5.80. The van der Waals surface area contributed by atoms with Gasteiger partial charge in [0.1, 0.15) is 0 Å². The number of benzene rings is 1. The Hall–Kier alpha value is -1.61. The summed E-state index contributed by atoms with van der Waals surface area (Å²) in [6.45, 7) is 5.78. The van der Waals surface area contributed by atoms with Crippen LogP contribution in [0, 0.1) is 13.8 Å². The maximum atomic E-state index is 12.3. The highest BCUT2D eigenvalue weighted by atomic mass is 35.5. The van der Waals surface area contributed by atoms with Gasteiger partial charge in [0.25, 0.3) is 0 Å². The fourth-order valence-corrected chi connectivity index (χ4v) is 2.01. The number of Topliss-reactive ketones (excluding diaryl/α,β-unsaturated/α-hetero) is 1. The van der Waals surface area contributed by atoms with Crippen LogP contribution in [0.5, 0.6) is 0 Å². The molecule has 0 bridgehead atoms. The van der Waals surface area contributed by atoms with E-state index < -0.39 is 0 Å². The van der Waals surface area contributed by atoms with Crippen LogP contribution in [0.3, 0.4) is 0 Å². The molecule has 0 aliphatic rings. The van der Waals surface area contributed by atoms with Crippen molar-refractivity contribution in [2.24, 2.45) is 0 Å². The van der Waals surface area contributed by atoms with Crippen LogP contribution in [-0.4, -0.2) is 15.3 Å². The van der Waals surface area contributed by atoms with Gasteiger partial charge in [-0.1, -0.05) is 11.6 Å². The second-order valence-electron chi connectivity index (χ2n) is 4.37. The Labute approximate surface area is 111 Å². The summed E-state index contributed by atoms with van der Waals surface area (Å²) in [5.41, 5.74) is 2.63. The average Bonchev–Trinajstić information content (AvgIpc) is 2.69. The van der Waals surface area contributed by atoms with E-state index in [0.717, 1.165) is 11.4 Å². The number of nitrogens with zero attached hydrogens (tertiary/aromatic N) is 2. The number of hydrogen-bond acceptors (Lipinski definition) is 2. The Bertz CT molecular complexity index is 572. The van der Waals surface area contributed by atoms with Gasteiger partial charge in [0.2, 0.25) is 0 Å². The molecule has 1 aromatic carbocycles. The van der Waals surface area contributed by atoms with Crippen LogP contribution in [0.2, 0.25) is 5.02 Å². The van der Waals surface area contributed by atoms with E-state index in [9.17, 15) is 4.79 Å². The highest BCUT2D eigenvalue weighted by molar-refractivity contribution is 6.30. The van der Waals surface area contributed by atoms with Crippen molar-refractivity contribution in [3.63, 3.8) is 0 Å². The van der Waals surface area contributed by atoms with Crippen molar-refractivity contribution in [1.82, 2.24) is 9.55 Å². The number of aromatic nitrogens is 2. The fraction of sp³-hybridized carbons (Fsp3) is 0.286. The molecule has 2 rings (SSSR count). The minimum absolute atomic E-state index is 0.0622. The molecule has 4 heteroatoms. The zero-order chi connectivity index (χ0) is 13.3. The molecule has 0 aliphatic heterocycles. The quantitative estimate of drug-likeness (QED) is 0.792. The molecule has 0 saturated carbocycles. The van der Waals surface area contributed by atoms with Gasteiger partial charge in [0, 0.05) is 16.3 Å². The lowest BCUT2D eigenvalue weighted by Crippen LogP contribution is -2.17. The Balaban J connectivity index is 2.29. The topological polar surface area (TPSA) is 34.9 Å². The Kier molecular flexibility index (Phi) is 3.53. The molecule has 1 heterocycles. The molecule has 0 aliphatic carbocycles. The average molecular weight is 263 g/mol. The number of imidazole rings is 1. The first-order chi connectivity index (χ1) is 8.50. The summed E-state index contributed by atoms with van der Waals surface area (Å²) >= 11 is 5.81. The normalized spacial score (nSPS) is 12.4. The zero-order valence-corrected chi connectivity index (χ0v) is 11.4. The second kappa shape index (κ2) is 4.94. The van der Waals surface area contributed by atoms with E-state index in [2.05, 4.69) is 4.98 Å². The molecule has 0 N–H and O–H groups in total. The van der Waals surface area contributed by atoms with Gasteiger partial charge in [-0.15, -0.1) is 0 Å². The second-order valence-corrected chi connectivity index (χ2v) is 4.81. The largest absolute Gasteiger partial charge is 0.324 e. The van der Waals surface area contributed by atoms with Crippen LogP contribution < -0.4 is 0 Å². The van der Waals surface area contributed by atoms with Gasteiger partial charge in [0.15, 0.2) is 5.78 Å². The molecule has 0 radical (unpaired) electrons. The summed E-state index contributed by atoms with van der Waals surface area (Å²) < 4.78 is 1.90. The van der Waals surface area contributed by atoms with E-state index >= 15 is 0 Å². The number of ketones is 1. The van der Waals surface area contributed by atoms with Crippen LogP contribution in [0.25, 0.3) is 0 Å². The minimum atomic E-state index is -0.257. The van der Waals surface area contributed by atoms with Crippen molar-refractivity contribution in [2.75, 3.05) is 0 Å². The zero-order valence-electron chi connectivity index (χ0n) is 10.6. The number of carbonyl (C=O) groups excluding carboxylic acids is 1. The van der Waals surface area contributed by atoms with Crippen molar-refractivity contribution >= 4 is 17.4 Å². The summed E-state index contributed by atoms with van der Waals surface area (Å²) in [5, 5.41) is 0.633. The SMILES string of the molecule is Cc1ncn(C(C)C(=O)c2ccc(Cl)cc2)c1C. The van der Waals surface area contributed by atoms with Gasteiger partial charge in [-0.05, 0) is 45.0 Å². The molecule has 0 fully saturated rings. The number of aryl methyl sites for hydroxylation is 1. The lowest BCUT2D eigenvalue weighted by Gasteiger charge is -2.14. The third-order valence-corrected chi connectivity index (χ3v) is 3.46. The van der Waals surface area contributed by atoms with Gasteiger partial charge in [-0.3, -0.25) is 4.79 Å². The first-order valence-corrected chi connectivity index (χ1v) is 6.18. The lowest BCUT2D eigenvalue weighted by molar-refractivity contribution is 0.0934. The van der Waals surface area contributed by atoms with Crippen molar-refractivity contribution in [2.45, 2.75) is 26.8 Å². The molecule has 2 aromatic rings. The molecular weight excluding hydrogens is 248 g/mol. The van der Waals surface area contributed by atoms with Crippen LogP contribution in [0.4, 0.5) is 0 Å². The molecule has 1 unspecified atom stereocenters. The van der Waals surface area contributed by atoms with Gasteiger partial charge in [-0.2, -0.15) is 0 Å². The maximum Gasteiger partial charge on any atom is 0.185 e. The number of rotatable bonds is 3. The highest BCUT2D eigenvalue weighted by Gasteiger charge is 2.18. The Morgan fingerprint density at radius 3 is 2.39 bits per heavy atom. The van der Waals surface area contributed by atoms with Crippen LogP contribution >= 0.6 is 11.6 Å². The molecule has 0 spiro atoms. The Morgan fingerprint density at radius 2 is 1.89 bits per heavy atom. The molecule has 1 aromatic heterocycles. The summed E-state index contributed by atoms with van der Waals surface area (Å²) in [4.78, 5) is 16.5. The van der Waals surface area contributed by atoms with E-state index in [0.29, 0.717) is 10.6 Å². The van der Waals surface area contributed by atoms with Gasteiger partial charge >= 0.3 is 0 Å².